The van der Waals surface area contributed by atoms with Crippen LogP contribution in [-0.2, 0) is 16.1 Å². The minimum atomic E-state index is -0.0732. The zero-order valence-electron chi connectivity index (χ0n) is 17.0. The maximum atomic E-state index is 12.7. The summed E-state index contributed by atoms with van der Waals surface area (Å²) in [4.78, 5) is 29.9. The highest BCUT2D eigenvalue weighted by molar-refractivity contribution is 7.99. The molecule has 0 saturated carbocycles. The summed E-state index contributed by atoms with van der Waals surface area (Å²) in [6.45, 7) is 1.08. The Balaban J connectivity index is 1.58. The molecular weight excluding hydrogens is 388 g/mol. The van der Waals surface area contributed by atoms with E-state index >= 15 is 0 Å². The summed E-state index contributed by atoms with van der Waals surface area (Å²) in [6.07, 6.45) is 0.377. The van der Waals surface area contributed by atoms with Gasteiger partial charge in [-0.05, 0) is 24.3 Å². The number of rotatable bonds is 7. The number of benzene rings is 2. The Morgan fingerprint density at radius 3 is 2.66 bits per heavy atom. The molecule has 2 aromatic carbocycles. The number of hydrogen-bond acceptors (Lipinski definition) is 5. The van der Waals surface area contributed by atoms with E-state index in [1.165, 1.54) is 0 Å². The second-order valence-corrected chi connectivity index (χ2v) is 7.93. The van der Waals surface area contributed by atoms with E-state index in [2.05, 4.69) is 0 Å². The van der Waals surface area contributed by atoms with Crippen molar-refractivity contribution in [3.05, 3.63) is 48.0 Å². The van der Waals surface area contributed by atoms with Gasteiger partial charge in [-0.25, -0.2) is 0 Å². The maximum Gasteiger partial charge on any atom is 0.227 e. The van der Waals surface area contributed by atoms with Crippen LogP contribution >= 0.6 is 11.8 Å². The molecule has 3 rings (SSSR count). The lowest BCUT2D eigenvalue weighted by molar-refractivity contribution is -0.132. The molecular formula is C22H26N2O4S. The summed E-state index contributed by atoms with van der Waals surface area (Å²) in [5.74, 6) is 2.15. The number of para-hydroxylation sites is 1. The van der Waals surface area contributed by atoms with Crippen LogP contribution in [0.4, 0.5) is 5.69 Å². The van der Waals surface area contributed by atoms with Gasteiger partial charge in [-0.2, -0.15) is 0 Å². The van der Waals surface area contributed by atoms with Crippen LogP contribution in [0.2, 0.25) is 0 Å². The average Bonchev–Trinajstić information content (AvgIpc) is 2.76. The molecule has 0 saturated heterocycles. The number of carbonyl (C=O) groups excluding carboxylic acids is 2. The molecule has 0 unspecified atom stereocenters. The summed E-state index contributed by atoms with van der Waals surface area (Å²) in [5.41, 5.74) is 1.83. The molecule has 2 amide bonds. The number of methoxy groups -OCH3 is 2. The van der Waals surface area contributed by atoms with Crippen LogP contribution in [0.1, 0.15) is 18.4 Å². The first kappa shape index (κ1) is 21.0. The molecule has 0 atom stereocenters. The Labute approximate surface area is 175 Å². The Hall–Kier alpha value is -2.67. The summed E-state index contributed by atoms with van der Waals surface area (Å²) >= 11 is 1.76. The van der Waals surface area contributed by atoms with E-state index in [1.807, 2.05) is 36.4 Å². The number of nitrogens with zero attached hydrogens (tertiary/aromatic N) is 2. The smallest absolute Gasteiger partial charge is 0.227 e. The molecule has 0 spiro atoms. The van der Waals surface area contributed by atoms with Gasteiger partial charge in [0.1, 0.15) is 11.5 Å². The fraction of sp³-hybridized carbons (Fsp3) is 0.364. The molecule has 1 aliphatic rings. The Bertz CT molecular complexity index is 887. The lowest BCUT2D eigenvalue weighted by Gasteiger charge is -2.29. The van der Waals surface area contributed by atoms with Gasteiger partial charge >= 0.3 is 0 Å². The quantitative estimate of drug-likeness (QED) is 0.693. The van der Waals surface area contributed by atoms with E-state index < -0.39 is 0 Å². The third-order valence-electron chi connectivity index (χ3n) is 4.91. The number of carbonyl (C=O) groups is 2. The minimum absolute atomic E-state index is 0.0125. The van der Waals surface area contributed by atoms with Crippen molar-refractivity contribution in [2.45, 2.75) is 24.3 Å². The molecule has 0 aromatic heterocycles. The van der Waals surface area contributed by atoms with Gasteiger partial charge in [0.05, 0.1) is 19.9 Å². The normalized spacial score (nSPS) is 12.9. The van der Waals surface area contributed by atoms with Crippen LogP contribution in [0.5, 0.6) is 11.5 Å². The molecule has 154 valence electrons. The fourth-order valence-corrected chi connectivity index (χ4v) is 4.29. The van der Waals surface area contributed by atoms with Gasteiger partial charge in [-0.15, -0.1) is 11.8 Å². The van der Waals surface area contributed by atoms with E-state index in [4.69, 9.17) is 9.47 Å². The van der Waals surface area contributed by atoms with Crippen LogP contribution < -0.4 is 14.4 Å². The SMILES string of the molecule is COc1ccc(CN(C)C(=O)CCC(=O)N2CCSc3ccccc32)c(OC)c1. The molecule has 0 aliphatic carbocycles. The molecule has 6 nitrogen and oxygen atoms in total. The molecule has 29 heavy (non-hydrogen) atoms. The van der Waals surface area contributed by atoms with Crippen LogP contribution in [0, 0.1) is 0 Å². The Morgan fingerprint density at radius 2 is 1.90 bits per heavy atom. The predicted octanol–water partition coefficient (Wildman–Crippen LogP) is 3.58. The van der Waals surface area contributed by atoms with E-state index in [1.54, 1.807) is 48.9 Å². The molecule has 2 aromatic rings. The first-order valence-corrected chi connectivity index (χ1v) is 10.5. The van der Waals surface area contributed by atoms with E-state index in [0.29, 0.717) is 24.6 Å². The highest BCUT2D eigenvalue weighted by Crippen LogP contribution is 2.34. The van der Waals surface area contributed by atoms with Crippen LogP contribution in [0.3, 0.4) is 0 Å². The zero-order valence-corrected chi connectivity index (χ0v) is 17.8. The van der Waals surface area contributed by atoms with Crippen molar-refractivity contribution >= 4 is 29.3 Å². The van der Waals surface area contributed by atoms with Crippen LogP contribution in [0.15, 0.2) is 47.4 Å². The molecule has 0 radical (unpaired) electrons. The summed E-state index contributed by atoms with van der Waals surface area (Å²) in [5, 5.41) is 0. The second kappa shape index (κ2) is 9.69. The topological polar surface area (TPSA) is 59.1 Å². The van der Waals surface area contributed by atoms with Gasteiger partial charge in [-0.1, -0.05) is 12.1 Å². The third kappa shape index (κ3) is 5.03. The molecule has 1 aliphatic heterocycles. The molecule has 7 heteroatoms. The number of thioether (sulfide) groups is 1. The molecule has 1 heterocycles. The highest BCUT2D eigenvalue weighted by Gasteiger charge is 2.23. The Kier molecular flexibility index (Phi) is 7.04. The number of hydrogen-bond donors (Lipinski definition) is 0. The van der Waals surface area contributed by atoms with Crippen molar-refractivity contribution < 1.29 is 19.1 Å². The van der Waals surface area contributed by atoms with Crippen molar-refractivity contribution in [2.75, 3.05) is 38.5 Å². The number of anilines is 1. The number of ether oxygens (including phenoxy) is 2. The van der Waals surface area contributed by atoms with E-state index in [9.17, 15) is 9.59 Å². The summed E-state index contributed by atoms with van der Waals surface area (Å²) in [6, 6.07) is 13.4. The van der Waals surface area contributed by atoms with Crippen molar-refractivity contribution in [2.24, 2.45) is 0 Å². The zero-order chi connectivity index (χ0) is 20.8. The number of fused-ring (bicyclic) bond motifs is 1. The largest absolute Gasteiger partial charge is 0.497 e. The highest BCUT2D eigenvalue weighted by atomic mass is 32.2. The van der Waals surface area contributed by atoms with Gasteiger partial charge in [0.15, 0.2) is 0 Å². The third-order valence-corrected chi connectivity index (χ3v) is 5.95. The molecule has 0 bridgehead atoms. The van der Waals surface area contributed by atoms with Crippen LogP contribution in [-0.4, -0.2) is 50.3 Å². The van der Waals surface area contributed by atoms with Crippen molar-refractivity contribution in [3.8, 4) is 11.5 Å². The number of amides is 2. The van der Waals surface area contributed by atoms with Gasteiger partial charge < -0.3 is 19.3 Å². The average molecular weight is 415 g/mol. The summed E-state index contributed by atoms with van der Waals surface area (Å²) in [7, 11) is 4.93. The Morgan fingerprint density at radius 1 is 1.10 bits per heavy atom. The van der Waals surface area contributed by atoms with Crippen LogP contribution in [0.25, 0.3) is 0 Å². The fourth-order valence-electron chi connectivity index (χ4n) is 3.29. The van der Waals surface area contributed by atoms with E-state index in [0.717, 1.165) is 21.9 Å². The van der Waals surface area contributed by atoms with Gasteiger partial charge in [0.25, 0.3) is 0 Å². The lowest BCUT2D eigenvalue weighted by atomic mass is 10.1. The predicted molar refractivity (Wildman–Crippen MR) is 115 cm³/mol. The van der Waals surface area contributed by atoms with Gasteiger partial charge in [0.2, 0.25) is 11.8 Å². The standard InChI is InChI=1S/C22H26N2O4S/c1-23(15-16-8-9-17(27-2)14-19(16)28-3)21(25)10-11-22(26)24-12-13-29-20-7-5-4-6-18(20)24/h4-9,14H,10-13,15H2,1-3H3. The first-order valence-electron chi connectivity index (χ1n) is 9.50. The first-order chi connectivity index (χ1) is 14.0. The van der Waals surface area contributed by atoms with E-state index in [-0.39, 0.29) is 24.7 Å². The monoisotopic (exact) mass is 414 g/mol. The second-order valence-electron chi connectivity index (χ2n) is 6.79. The van der Waals surface area contributed by atoms with Crippen molar-refractivity contribution in [1.29, 1.82) is 0 Å². The minimum Gasteiger partial charge on any atom is -0.497 e. The van der Waals surface area contributed by atoms with Gasteiger partial charge in [-0.3, -0.25) is 9.59 Å². The lowest BCUT2D eigenvalue weighted by Crippen LogP contribution is -2.36. The molecule has 0 N–H and O–H groups in total. The van der Waals surface area contributed by atoms with Crippen molar-refractivity contribution in [3.63, 3.8) is 0 Å². The van der Waals surface area contributed by atoms with Crippen molar-refractivity contribution in [1.82, 2.24) is 4.90 Å². The maximum absolute atomic E-state index is 12.7. The summed E-state index contributed by atoms with van der Waals surface area (Å²) < 4.78 is 10.6. The molecule has 0 fully saturated rings. The van der Waals surface area contributed by atoms with Gasteiger partial charge in [0, 0.05) is 55.3 Å².